The molecule has 1 aliphatic rings. The highest BCUT2D eigenvalue weighted by molar-refractivity contribution is 5.97. The van der Waals surface area contributed by atoms with E-state index in [1.54, 1.807) is 0 Å². The predicted octanol–water partition coefficient (Wildman–Crippen LogP) is 4.74. The van der Waals surface area contributed by atoms with Crippen LogP contribution in [0.5, 0.6) is 0 Å². The van der Waals surface area contributed by atoms with Gasteiger partial charge in [0.15, 0.2) is 0 Å². The molecule has 3 aromatic rings. The molecule has 1 fully saturated rings. The van der Waals surface area contributed by atoms with Crippen molar-refractivity contribution in [2.75, 3.05) is 13.1 Å². The Morgan fingerprint density at radius 2 is 2.04 bits per heavy atom. The van der Waals surface area contributed by atoms with Gasteiger partial charge in [-0.1, -0.05) is 49.4 Å². The number of carbonyl (C=O) groups is 1. The van der Waals surface area contributed by atoms with Crippen LogP contribution in [-0.4, -0.2) is 34.1 Å². The normalized spacial score (nSPS) is 17.6. The highest BCUT2D eigenvalue weighted by Crippen LogP contribution is 2.36. The van der Waals surface area contributed by atoms with Crippen LogP contribution in [0.3, 0.4) is 0 Å². The van der Waals surface area contributed by atoms with E-state index in [0.29, 0.717) is 12.3 Å². The van der Waals surface area contributed by atoms with E-state index in [0.717, 1.165) is 43.6 Å². The van der Waals surface area contributed by atoms with Gasteiger partial charge in [0.2, 0.25) is 5.91 Å². The summed E-state index contributed by atoms with van der Waals surface area (Å²) in [6, 6.07) is 14.9. The number of carbonyl (C=O) groups excluding carboxylic acids is 1. The lowest BCUT2D eigenvalue weighted by Crippen LogP contribution is -2.39. The Kier molecular flexibility index (Phi) is 4.74. The second kappa shape index (κ2) is 7.32. The molecule has 0 saturated carbocycles. The van der Waals surface area contributed by atoms with Crippen LogP contribution in [0.4, 0.5) is 0 Å². The van der Waals surface area contributed by atoms with Crippen molar-refractivity contribution in [1.82, 2.24) is 15.1 Å². The molecule has 1 aliphatic heterocycles. The van der Waals surface area contributed by atoms with Crippen LogP contribution in [0, 0.1) is 0 Å². The van der Waals surface area contributed by atoms with Crippen LogP contribution < -0.4 is 0 Å². The van der Waals surface area contributed by atoms with Crippen molar-refractivity contribution in [2.45, 2.75) is 38.5 Å². The first-order chi connectivity index (χ1) is 12.8. The van der Waals surface area contributed by atoms with Crippen molar-refractivity contribution in [3.8, 4) is 11.1 Å². The summed E-state index contributed by atoms with van der Waals surface area (Å²) < 4.78 is 0. The third-order valence-corrected chi connectivity index (χ3v) is 5.39. The first kappa shape index (κ1) is 16.8. The SMILES string of the molecule is CCCC(=O)N1CCC[C@H](c2[nH]ncc2-c2cccc3ccccc23)C1. The number of amides is 1. The summed E-state index contributed by atoms with van der Waals surface area (Å²) in [5.74, 6) is 0.601. The number of fused-ring (bicyclic) bond motifs is 1. The zero-order valence-electron chi connectivity index (χ0n) is 15.2. The van der Waals surface area contributed by atoms with Gasteiger partial charge in [-0.15, -0.1) is 0 Å². The molecule has 1 atom stereocenters. The molecule has 0 aliphatic carbocycles. The van der Waals surface area contributed by atoms with Gasteiger partial charge >= 0.3 is 0 Å². The molecule has 2 heterocycles. The Morgan fingerprint density at radius 3 is 2.92 bits per heavy atom. The maximum absolute atomic E-state index is 12.3. The molecule has 1 N–H and O–H groups in total. The van der Waals surface area contributed by atoms with E-state index in [2.05, 4.69) is 59.6 Å². The molecule has 2 aromatic carbocycles. The van der Waals surface area contributed by atoms with E-state index < -0.39 is 0 Å². The number of likely N-dealkylation sites (tertiary alicyclic amines) is 1. The fourth-order valence-corrected chi connectivity index (χ4v) is 4.09. The third kappa shape index (κ3) is 3.12. The van der Waals surface area contributed by atoms with E-state index in [1.165, 1.54) is 16.3 Å². The molecule has 4 nitrogen and oxygen atoms in total. The van der Waals surface area contributed by atoms with Gasteiger partial charge in [0.1, 0.15) is 0 Å². The predicted molar refractivity (Wildman–Crippen MR) is 105 cm³/mol. The second-order valence-corrected chi connectivity index (χ2v) is 7.15. The maximum Gasteiger partial charge on any atom is 0.222 e. The number of H-pyrrole nitrogens is 1. The molecular formula is C22H25N3O. The lowest BCUT2D eigenvalue weighted by molar-refractivity contribution is -0.132. The average molecular weight is 347 g/mol. The summed E-state index contributed by atoms with van der Waals surface area (Å²) in [6.07, 6.45) is 5.63. The van der Waals surface area contributed by atoms with Gasteiger partial charge in [-0.25, -0.2) is 0 Å². The maximum atomic E-state index is 12.3. The topological polar surface area (TPSA) is 49.0 Å². The van der Waals surface area contributed by atoms with Crippen molar-refractivity contribution in [1.29, 1.82) is 0 Å². The van der Waals surface area contributed by atoms with Gasteiger partial charge in [0.25, 0.3) is 0 Å². The molecule has 1 aromatic heterocycles. The van der Waals surface area contributed by atoms with Crippen LogP contribution in [0.2, 0.25) is 0 Å². The molecule has 4 rings (SSSR count). The monoisotopic (exact) mass is 347 g/mol. The van der Waals surface area contributed by atoms with Gasteiger partial charge < -0.3 is 4.90 Å². The number of nitrogens with one attached hydrogen (secondary N) is 1. The van der Waals surface area contributed by atoms with Crippen molar-refractivity contribution in [3.63, 3.8) is 0 Å². The molecule has 4 heteroatoms. The Morgan fingerprint density at radius 1 is 1.19 bits per heavy atom. The van der Waals surface area contributed by atoms with Crippen LogP contribution in [0.25, 0.3) is 21.9 Å². The number of aromatic amines is 1. The molecule has 1 saturated heterocycles. The molecule has 0 unspecified atom stereocenters. The van der Waals surface area contributed by atoms with Crippen LogP contribution in [0.1, 0.15) is 44.2 Å². The Bertz CT molecular complexity index is 909. The summed E-state index contributed by atoms with van der Waals surface area (Å²) >= 11 is 0. The summed E-state index contributed by atoms with van der Waals surface area (Å²) in [5.41, 5.74) is 3.54. The highest BCUT2D eigenvalue weighted by Gasteiger charge is 2.27. The standard InChI is InChI=1S/C22H25N3O/c1-2-7-21(26)25-13-6-10-17(15-25)22-20(14-23-24-22)19-12-5-9-16-8-3-4-11-18(16)19/h3-5,8-9,11-12,14,17H,2,6-7,10,13,15H2,1H3,(H,23,24)/t17-/m0/s1. The number of nitrogens with zero attached hydrogens (tertiary/aromatic N) is 2. The van der Waals surface area contributed by atoms with E-state index in [1.807, 2.05) is 11.1 Å². The Balaban J connectivity index is 1.68. The zero-order chi connectivity index (χ0) is 17.9. The third-order valence-electron chi connectivity index (χ3n) is 5.39. The summed E-state index contributed by atoms with van der Waals surface area (Å²) in [6.45, 7) is 3.73. The van der Waals surface area contributed by atoms with Crippen molar-refractivity contribution in [2.24, 2.45) is 0 Å². The largest absolute Gasteiger partial charge is 0.342 e. The summed E-state index contributed by atoms with van der Waals surface area (Å²) in [5, 5.41) is 10.1. The van der Waals surface area contributed by atoms with Crippen LogP contribution in [0.15, 0.2) is 48.7 Å². The smallest absolute Gasteiger partial charge is 0.222 e. The number of hydrogen-bond donors (Lipinski definition) is 1. The van der Waals surface area contributed by atoms with Crippen LogP contribution >= 0.6 is 0 Å². The minimum absolute atomic E-state index is 0.281. The second-order valence-electron chi connectivity index (χ2n) is 7.15. The van der Waals surface area contributed by atoms with Gasteiger partial charge in [-0.3, -0.25) is 9.89 Å². The van der Waals surface area contributed by atoms with E-state index >= 15 is 0 Å². The fourth-order valence-electron chi connectivity index (χ4n) is 4.09. The van der Waals surface area contributed by atoms with Crippen molar-refractivity contribution < 1.29 is 4.79 Å². The van der Waals surface area contributed by atoms with E-state index in [4.69, 9.17) is 0 Å². The van der Waals surface area contributed by atoms with Crippen molar-refractivity contribution in [3.05, 3.63) is 54.4 Å². The van der Waals surface area contributed by atoms with Crippen LogP contribution in [-0.2, 0) is 4.79 Å². The van der Waals surface area contributed by atoms with Gasteiger partial charge in [0.05, 0.1) is 6.20 Å². The quantitative estimate of drug-likeness (QED) is 0.741. The summed E-state index contributed by atoms with van der Waals surface area (Å²) in [7, 11) is 0. The number of benzene rings is 2. The first-order valence-corrected chi connectivity index (χ1v) is 9.57. The zero-order valence-corrected chi connectivity index (χ0v) is 15.2. The first-order valence-electron chi connectivity index (χ1n) is 9.57. The molecule has 26 heavy (non-hydrogen) atoms. The number of hydrogen-bond acceptors (Lipinski definition) is 2. The minimum Gasteiger partial charge on any atom is -0.342 e. The molecule has 134 valence electrons. The highest BCUT2D eigenvalue weighted by atomic mass is 16.2. The van der Waals surface area contributed by atoms with Gasteiger partial charge in [-0.05, 0) is 35.6 Å². The van der Waals surface area contributed by atoms with E-state index in [9.17, 15) is 4.79 Å². The lowest BCUT2D eigenvalue weighted by Gasteiger charge is -2.33. The molecule has 1 amide bonds. The fraction of sp³-hybridized carbons (Fsp3) is 0.364. The minimum atomic E-state index is 0.281. The Hall–Kier alpha value is -2.62. The number of aromatic nitrogens is 2. The molecular weight excluding hydrogens is 322 g/mol. The van der Waals surface area contributed by atoms with Crippen molar-refractivity contribution >= 4 is 16.7 Å². The number of piperidine rings is 1. The molecule has 0 spiro atoms. The van der Waals surface area contributed by atoms with Gasteiger partial charge in [0, 0.05) is 36.7 Å². The molecule has 0 radical (unpaired) electrons. The average Bonchev–Trinajstić information content (AvgIpc) is 3.17. The van der Waals surface area contributed by atoms with Gasteiger partial charge in [-0.2, -0.15) is 5.10 Å². The molecule has 0 bridgehead atoms. The summed E-state index contributed by atoms with van der Waals surface area (Å²) in [4.78, 5) is 14.4. The lowest BCUT2D eigenvalue weighted by atomic mass is 9.89. The Labute approximate surface area is 154 Å². The number of rotatable bonds is 4. The van der Waals surface area contributed by atoms with E-state index in [-0.39, 0.29) is 5.91 Å².